The Bertz CT molecular complexity index is 625. The first-order valence-electron chi connectivity index (χ1n) is 6.69. The third-order valence-electron chi connectivity index (χ3n) is 4.22. The van der Waals surface area contributed by atoms with Crippen LogP contribution in [0.4, 0.5) is 5.95 Å². The van der Waals surface area contributed by atoms with Crippen molar-refractivity contribution in [2.75, 3.05) is 11.9 Å². The van der Waals surface area contributed by atoms with Gasteiger partial charge in [-0.05, 0) is 25.0 Å². The molecule has 6 heteroatoms. The van der Waals surface area contributed by atoms with Crippen LogP contribution < -0.4 is 11.1 Å². The number of nitrogens with two attached hydrogens (primary N) is 1. The van der Waals surface area contributed by atoms with E-state index >= 15 is 0 Å². The van der Waals surface area contributed by atoms with Gasteiger partial charge >= 0.3 is 0 Å². The van der Waals surface area contributed by atoms with Crippen molar-refractivity contribution in [2.24, 2.45) is 11.7 Å². The number of fused-ring (bicyclic) bond motifs is 2. The number of pyridine rings is 1. The van der Waals surface area contributed by atoms with E-state index in [4.69, 9.17) is 10.5 Å². The number of anilines is 1. The van der Waals surface area contributed by atoms with Gasteiger partial charge in [0.2, 0.25) is 5.95 Å². The van der Waals surface area contributed by atoms with E-state index in [2.05, 4.69) is 15.4 Å². The van der Waals surface area contributed by atoms with E-state index in [9.17, 15) is 0 Å². The van der Waals surface area contributed by atoms with E-state index < -0.39 is 0 Å². The second-order valence-corrected chi connectivity index (χ2v) is 5.48. The molecule has 3 heterocycles. The number of nitrogens with zero attached hydrogens (tertiary/aromatic N) is 3. The molecule has 4 unspecified atom stereocenters. The van der Waals surface area contributed by atoms with Crippen LogP contribution in [0.2, 0.25) is 0 Å². The van der Waals surface area contributed by atoms with Crippen LogP contribution in [0, 0.1) is 12.8 Å². The predicted octanol–water partition coefficient (Wildman–Crippen LogP) is 0.564. The third kappa shape index (κ3) is 1.63. The Morgan fingerprint density at radius 1 is 1.47 bits per heavy atom. The molecule has 1 aliphatic heterocycles. The van der Waals surface area contributed by atoms with Crippen LogP contribution in [0.5, 0.6) is 0 Å². The second kappa shape index (κ2) is 3.91. The Morgan fingerprint density at radius 3 is 3.26 bits per heavy atom. The average Bonchev–Trinajstić information content (AvgIpc) is 2.98. The molecule has 3 N–H and O–H groups in total. The molecule has 100 valence electrons. The number of ether oxygens (including phenoxy) is 1. The van der Waals surface area contributed by atoms with Crippen molar-refractivity contribution in [2.45, 2.75) is 31.5 Å². The van der Waals surface area contributed by atoms with Gasteiger partial charge in [0, 0.05) is 24.8 Å². The minimum absolute atomic E-state index is 0.131. The lowest BCUT2D eigenvalue weighted by Gasteiger charge is -2.45. The Kier molecular flexibility index (Phi) is 2.31. The number of aryl methyl sites for hydroxylation is 1. The fraction of sp³-hybridized carbons (Fsp3) is 0.538. The summed E-state index contributed by atoms with van der Waals surface area (Å²) in [7, 11) is 0. The van der Waals surface area contributed by atoms with Gasteiger partial charge in [0.1, 0.15) is 0 Å². The summed E-state index contributed by atoms with van der Waals surface area (Å²) >= 11 is 0. The fourth-order valence-corrected chi connectivity index (χ4v) is 3.12. The van der Waals surface area contributed by atoms with E-state index in [-0.39, 0.29) is 18.2 Å². The monoisotopic (exact) mass is 259 g/mol. The van der Waals surface area contributed by atoms with Gasteiger partial charge in [0.15, 0.2) is 5.65 Å². The Hall–Kier alpha value is -1.66. The summed E-state index contributed by atoms with van der Waals surface area (Å²) in [6.45, 7) is 2.85. The Morgan fingerprint density at radius 2 is 2.37 bits per heavy atom. The highest BCUT2D eigenvalue weighted by Gasteiger charge is 2.52. The summed E-state index contributed by atoms with van der Waals surface area (Å²) in [5, 5.41) is 7.74. The first-order chi connectivity index (χ1) is 9.22. The number of nitrogens with one attached hydrogen (secondary N) is 1. The molecule has 6 nitrogen and oxygen atoms in total. The predicted molar refractivity (Wildman–Crippen MR) is 71.0 cm³/mol. The molecule has 4 atom stereocenters. The lowest BCUT2D eigenvalue weighted by atomic mass is 9.72. The normalized spacial score (nSPS) is 33.2. The van der Waals surface area contributed by atoms with Crippen molar-refractivity contribution in [3.8, 4) is 0 Å². The van der Waals surface area contributed by atoms with E-state index in [1.165, 1.54) is 0 Å². The minimum atomic E-state index is 0.131. The van der Waals surface area contributed by atoms with Crippen molar-refractivity contribution >= 4 is 11.6 Å². The Labute approximate surface area is 111 Å². The number of rotatable bonds is 2. The fourth-order valence-electron chi connectivity index (χ4n) is 3.12. The van der Waals surface area contributed by atoms with Crippen LogP contribution >= 0.6 is 0 Å². The van der Waals surface area contributed by atoms with Crippen LogP contribution in [-0.4, -0.2) is 39.4 Å². The number of aromatic nitrogens is 3. The van der Waals surface area contributed by atoms with E-state index in [1.807, 2.05) is 25.3 Å². The summed E-state index contributed by atoms with van der Waals surface area (Å²) in [4.78, 5) is 4.45. The van der Waals surface area contributed by atoms with Crippen LogP contribution in [0.15, 0.2) is 18.3 Å². The van der Waals surface area contributed by atoms with E-state index in [1.54, 1.807) is 4.52 Å². The van der Waals surface area contributed by atoms with Crippen LogP contribution in [0.3, 0.4) is 0 Å². The number of hydrogen-bond acceptors (Lipinski definition) is 5. The smallest absolute Gasteiger partial charge is 0.243 e. The molecule has 1 saturated carbocycles. The van der Waals surface area contributed by atoms with Gasteiger partial charge in [-0.3, -0.25) is 0 Å². The summed E-state index contributed by atoms with van der Waals surface area (Å²) in [5.74, 6) is 1.12. The lowest BCUT2D eigenvalue weighted by molar-refractivity contribution is 0.00510. The van der Waals surface area contributed by atoms with E-state index in [0.717, 1.165) is 24.2 Å². The molecule has 0 aromatic carbocycles. The highest BCUT2D eigenvalue weighted by molar-refractivity contribution is 5.45. The highest BCUT2D eigenvalue weighted by atomic mass is 16.5. The molecular weight excluding hydrogens is 242 g/mol. The van der Waals surface area contributed by atoms with Crippen molar-refractivity contribution < 1.29 is 4.74 Å². The standard InChI is InChI=1S/C13H17N5O/c1-7-2-3-9-15-13(17-18(9)6-7)16-11-10(14)8-4-5-19-12(8)11/h2-3,6,8,10-12H,4-5,14H2,1H3,(H,16,17). The summed E-state index contributed by atoms with van der Waals surface area (Å²) in [6, 6.07) is 4.26. The SMILES string of the molecule is Cc1ccc2nc(NC3C(N)C4CCOC43)nn2c1. The zero-order valence-electron chi connectivity index (χ0n) is 10.8. The second-order valence-electron chi connectivity index (χ2n) is 5.48. The molecule has 0 spiro atoms. The third-order valence-corrected chi connectivity index (χ3v) is 4.22. The van der Waals surface area contributed by atoms with Gasteiger partial charge in [-0.1, -0.05) is 6.07 Å². The zero-order valence-corrected chi connectivity index (χ0v) is 10.8. The molecule has 0 bridgehead atoms. The summed E-state index contributed by atoms with van der Waals surface area (Å²) in [5.41, 5.74) is 8.16. The minimum Gasteiger partial charge on any atom is -0.376 e. The van der Waals surface area contributed by atoms with Crippen LogP contribution in [-0.2, 0) is 4.74 Å². The molecule has 0 amide bonds. The first kappa shape index (κ1) is 11.2. The van der Waals surface area contributed by atoms with Crippen molar-refractivity contribution in [1.29, 1.82) is 0 Å². The maximum atomic E-state index is 6.17. The quantitative estimate of drug-likeness (QED) is 0.824. The van der Waals surface area contributed by atoms with Gasteiger partial charge in [-0.2, -0.15) is 4.98 Å². The molecule has 2 aliphatic rings. The summed E-state index contributed by atoms with van der Waals surface area (Å²) < 4.78 is 7.48. The molecule has 2 aromatic rings. The summed E-state index contributed by atoms with van der Waals surface area (Å²) in [6.07, 6.45) is 3.26. The maximum Gasteiger partial charge on any atom is 0.243 e. The van der Waals surface area contributed by atoms with Crippen molar-refractivity contribution in [3.05, 3.63) is 23.9 Å². The molecule has 4 rings (SSSR count). The average molecular weight is 259 g/mol. The zero-order chi connectivity index (χ0) is 13.0. The van der Waals surface area contributed by atoms with Gasteiger partial charge in [-0.25, -0.2) is 4.52 Å². The topological polar surface area (TPSA) is 77.5 Å². The number of hydrogen-bond donors (Lipinski definition) is 2. The van der Waals surface area contributed by atoms with Crippen molar-refractivity contribution in [3.63, 3.8) is 0 Å². The molecule has 2 aromatic heterocycles. The highest BCUT2D eigenvalue weighted by Crippen LogP contribution is 2.38. The lowest BCUT2D eigenvalue weighted by Crippen LogP contribution is -2.65. The largest absolute Gasteiger partial charge is 0.376 e. The van der Waals surface area contributed by atoms with Gasteiger partial charge < -0.3 is 15.8 Å². The maximum absolute atomic E-state index is 6.17. The van der Waals surface area contributed by atoms with Gasteiger partial charge in [0.05, 0.1) is 12.1 Å². The molecule has 0 radical (unpaired) electrons. The van der Waals surface area contributed by atoms with Crippen LogP contribution in [0.1, 0.15) is 12.0 Å². The molecule has 2 fully saturated rings. The van der Waals surface area contributed by atoms with Gasteiger partial charge in [-0.15, -0.1) is 5.10 Å². The molecule has 19 heavy (non-hydrogen) atoms. The van der Waals surface area contributed by atoms with Crippen molar-refractivity contribution in [1.82, 2.24) is 14.6 Å². The Balaban J connectivity index is 1.58. The van der Waals surface area contributed by atoms with E-state index in [0.29, 0.717) is 11.9 Å². The molecule has 1 saturated heterocycles. The van der Waals surface area contributed by atoms with Crippen LogP contribution in [0.25, 0.3) is 5.65 Å². The molecular formula is C13H17N5O. The molecule has 1 aliphatic carbocycles. The van der Waals surface area contributed by atoms with Gasteiger partial charge in [0.25, 0.3) is 0 Å². The first-order valence-corrected chi connectivity index (χ1v) is 6.69.